The number of nitrogens with zero attached hydrogens (tertiary/aromatic N) is 4. The molecule has 0 aliphatic carbocycles. The van der Waals surface area contributed by atoms with E-state index in [4.69, 9.17) is 20.4 Å². The van der Waals surface area contributed by atoms with Crippen molar-refractivity contribution in [2.24, 2.45) is 5.16 Å². The molecule has 0 bridgehead atoms. The van der Waals surface area contributed by atoms with Crippen LogP contribution < -0.4 is 15.8 Å². The van der Waals surface area contributed by atoms with E-state index in [0.717, 1.165) is 5.56 Å². The van der Waals surface area contributed by atoms with Gasteiger partial charge in [0.2, 0.25) is 5.95 Å². The number of halogens is 1. The lowest BCUT2D eigenvalue weighted by Gasteiger charge is -2.29. The number of rotatable bonds is 8. The molecule has 12 heteroatoms. The van der Waals surface area contributed by atoms with Crippen LogP contribution in [-0.2, 0) is 11.3 Å². The summed E-state index contributed by atoms with van der Waals surface area (Å²) in [4.78, 5) is 18.5. The van der Waals surface area contributed by atoms with E-state index in [1.54, 1.807) is 13.0 Å². The van der Waals surface area contributed by atoms with Crippen molar-refractivity contribution >= 4 is 23.1 Å². The fourth-order valence-electron chi connectivity index (χ4n) is 3.77. The van der Waals surface area contributed by atoms with Gasteiger partial charge in [0, 0.05) is 23.8 Å². The van der Waals surface area contributed by atoms with E-state index in [0.29, 0.717) is 45.7 Å². The average Bonchev–Trinajstić information content (AvgIpc) is 3.30. The van der Waals surface area contributed by atoms with Gasteiger partial charge in [-0.1, -0.05) is 22.6 Å². The Morgan fingerprint density at radius 3 is 2.91 bits per heavy atom. The molecule has 0 fully saturated rings. The highest BCUT2D eigenvalue weighted by Gasteiger charge is 2.30. The van der Waals surface area contributed by atoms with Gasteiger partial charge in [-0.25, -0.2) is 19.3 Å². The third-order valence-electron chi connectivity index (χ3n) is 5.36. The summed E-state index contributed by atoms with van der Waals surface area (Å²) in [6.45, 7) is 1.54. The average molecular weight is 489 g/mol. The minimum atomic E-state index is -0.888. The molecule has 34 heavy (non-hydrogen) atoms. The highest BCUT2D eigenvalue weighted by atomic mass is 32.1. The number of hydrogen-bond acceptors (Lipinski definition) is 10. The van der Waals surface area contributed by atoms with E-state index in [9.17, 15) is 9.50 Å². The maximum absolute atomic E-state index is 14.2. The minimum Gasteiger partial charge on any atom is -0.473 e. The van der Waals surface area contributed by atoms with Crippen LogP contribution in [0, 0.1) is 12.7 Å². The van der Waals surface area contributed by atoms with Crippen molar-refractivity contribution in [1.29, 1.82) is 0 Å². The van der Waals surface area contributed by atoms with Crippen LogP contribution in [0.4, 0.5) is 10.3 Å². The van der Waals surface area contributed by atoms with Gasteiger partial charge >= 0.3 is 0 Å². The first-order chi connectivity index (χ1) is 16.4. The Morgan fingerprint density at radius 1 is 1.35 bits per heavy atom. The molecule has 2 aromatic heterocycles. The van der Waals surface area contributed by atoms with Crippen LogP contribution in [0.15, 0.2) is 28.7 Å². The molecule has 0 unspecified atom stereocenters. The molecule has 1 aliphatic heterocycles. The molecule has 1 aromatic carbocycles. The Morgan fingerprint density at radius 2 is 2.18 bits per heavy atom. The third-order valence-corrected chi connectivity index (χ3v) is 6.16. The first-order valence-electron chi connectivity index (χ1n) is 10.6. The van der Waals surface area contributed by atoms with Crippen LogP contribution in [0.25, 0.3) is 11.3 Å². The first-order valence-corrected chi connectivity index (χ1v) is 11.5. The lowest BCUT2D eigenvalue weighted by atomic mass is 9.90. The second-order valence-corrected chi connectivity index (χ2v) is 8.54. The highest BCUT2D eigenvalue weighted by molar-refractivity contribution is 7.11. The van der Waals surface area contributed by atoms with E-state index >= 15 is 0 Å². The summed E-state index contributed by atoms with van der Waals surface area (Å²) < 4.78 is 19.4. The molecule has 0 spiro atoms. The number of anilines is 1. The maximum atomic E-state index is 14.2. The third kappa shape index (κ3) is 5.08. The number of hydrogen-bond donors (Lipinski definition) is 4. The zero-order valence-electron chi connectivity index (χ0n) is 18.7. The number of oxime groups is 1. The Kier molecular flexibility index (Phi) is 7.20. The van der Waals surface area contributed by atoms with Gasteiger partial charge in [-0.15, -0.1) is 0 Å². The number of fused-ring (bicyclic) bond motifs is 1. The first kappa shape index (κ1) is 23.8. The zero-order valence-corrected chi connectivity index (χ0v) is 19.5. The smallest absolute Gasteiger partial charge is 0.273 e. The molecule has 3 heterocycles. The predicted octanol–water partition coefficient (Wildman–Crippen LogP) is 1.95. The summed E-state index contributed by atoms with van der Waals surface area (Å²) in [7, 11) is 1.53. The van der Waals surface area contributed by atoms with Crippen molar-refractivity contribution in [3.63, 3.8) is 0 Å². The van der Waals surface area contributed by atoms with E-state index < -0.39 is 6.10 Å². The molecule has 180 valence electrons. The number of nitrogens with one attached hydrogen (secondary N) is 1. The number of aromatic nitrogens is 3. The second-order valence-electron chi connectivity index (χ2n) is 7.72. The van der Waals surface area contributed by atoms with Crippen molar-refractivity contribution in [2.75, 3.05) is 26.1 Å². The van der Waals surface area contributed by atoms with Crippen LogP contribution in [0.5, 0.6) is 5.19 Å². The topological polar surface area (TPSA) is 148 Å². The molecular formula is C22H25FN6O4S. The van der Waals surface area contributed by atoms with E-state index in [1.807, 2.05) is 5.38 Å². The Labute approximate surface area is 199 Å². The quantitative estimate of drug-likeness (QED) is 0.276. The maximum Gasteiger partial charge on any atom is 0.273 e. The van der Waals surface area contributed by atoms with Gasteiger partial charge in [0.05, 0.1) is 48.5 Å². The molecule has 0 saturated heterocycles. The van der Waals surface area contributed by atoms with Crippen molar-refractivity contribution in [1.82, 2.24) is 20.3 Å². The highest BCUT2D eigenvalue weighted by Crippen LogP contribution is 2.35. The summed E-state index contributed by atoms with van der Waals surface area (Å²) in [6, 6.07) is 4.19. The van der Waals surface area contributed by atoms with Crippen LogP contribution in [-0.4, -0.2) is 57.4 Å². The lowest BCUT2D eigenvalue weighted by molar-refractivity contribution is 0.0501. The molecule has 3 aromatic rings. The molecule has 2 atom stereocenters. The number of benzene rings is 1. The lowest BCUT2D eigenvalue weighted by Crippen LogP contribution is -2.38. The van der Waals surface area contributed by atoms with E-state index in [1.165, 1.54) is 30.6 Å². The van der Waals surface area contributed by atoms with Crippen molar-refractivity contribution in [3.8, 4) is 16.5 Å². The Bertz CT molecular complexity index is 1200. The number of nitrogens with two attached hydrogens (primary N) is 1. The van der Waals surface area contributed by atoms with E-state index in [2.05, 4.69) is 25.4 Å². The number of amidine groups is 1. The molecule has 0 amide bonds. The van der Waals surface area contributed by atoms with Gasteiger partial charge in [0.15, 0.2) is 5.84 Å². The Hall–Kier alpha value is -3.35. The van der Waals surface area contributed by atoms with Crippen LogP contribution in [0.1, 0.15) is 35.0 Å². The SMILES string of the molecule is COc1nc(-c2cc(F)ccc2[C@H]2Cc3nc(N)nc(C)c3/C(=N/OCC[C@H](O)CO)N2)cs1. The van der Waals surface area contributed by atoms with Gasteiger partial charge in [0.25, 0.3) is 5.19 Å². The standard InChI is InChI=1S/C22H25FN6O4S/c1-11-19-17(27-21(24)25-11)8-16(26-20(19)29-33-6-5-13(31)9-30)14-4-3-12(23)7-15(14)18-10-34-22(28-18)32-2/h3-4,7,10,13,16,30-31H,5-6,8-9H2,1-2H3,(H,26,29)(H2,24,25,27)/t13-,16+/m0/s1. The Balaban J connectivity index is 1.71. The molecule has 5 N–H and O–H groups in total. The molecule has 4 rings (SSSR count). The summed E-state index contributed by atoms with van der Waals surface area (Å²) in [6.07, 6.45) is -0.221. The fraction of sp³-hybridized carbons (Fsp3) is 0.364. The molecule has 1 aliphatic rings. The van der Waals surface area contributed by atoms with Gasteiger partial charge in [0.1, 0.15) is 12.4 Å². The van der Waals surface area contributed by atoms with Crippen molar-refractivity contribution < 1.29 is 24.2 Å². The zero-order chi connectivity index (χ0) is 24.2. The van der Waals surface area contributed by atoms with Crippen LogP contribution >= 0.6 is 11.3 Å². The van der Waals surface area contributed by atoms with Crippen LogP contribution in [0.3, 0.4) is 0 Å². The van der Waals surface area contributed by atoms with E-state index in [-0.39, 0.29) is 37.4 Å². The number of aryl methyl sites for hydroxylation is 1. The van der Waals surface area contributed by atoms with Crippen LogP contribution in [0.2, 0.25) is 0 Å². The van der Waals surface area contributed by atoms with Gasteiger partial charge in [-0.2, -0.15) is 0 Å². The van der Waals surface area contributed by atoms with Gasteiger partial charge < -0.3 is 30.8 Å². The normalized spacial score (nSPS) is 17.2. The monoisotopic (exact) mass is 488 g/mol. The summed E-state index contributed by atoms with van der Waals surface area (Å²) >= 11 is 1.32. The summed E-state index contributed by atoms with van der Waals surface area (Å²) in [5.41, 5.74) is 9.89. The predicted molar refractivity (Wildman–Crippen MR) is 125 cm³/mol. The number of methoxy groups -OCH3 is 1. The second kappa shape index (κ2) is 10.3. The summed E-state index contributed by atoms with van der Waals surface area (Å²) in [5, 5.41) is 28.4. The van der Waals surface area contributed by atoms with Crippen molar-refractivity contribution in [3.05, 3.63) is 51.9 Å². The van der Waals surface area contributed by atoms with Crippen molar-refractivity contribution in [2.45, 2.75) is 31.9 Å². The largest absolute Gasteiger partial charge is 0.473 e. The molecular weight excluding hydrogens is 463 g/mol. The van der Waals surface area contributed by atoms with Gasteiger partial charge in [-0.3, -0.25) is 0 Å². The number of aliphatic hydroxyl groups is 2. The van der Waals surface area contributed by atoms with Gasteiger partial charge in [-0.05, 0) is 24.6 Å². The number of thiazole rings is 1. The minimum absolute atomic E-state index is 0.0994. The fourth-order valence-corrected chi connectivity index (χ4v) is 4.41. The molecule has 10 nitrogen and oxygen atoms in total. The number of ether oxygens (including phenoxy) is 1. The molecule has 0 saturated carbocycles. The number of nitrogen functional groups attached to an aromatic ring is 1. The molecule has 0 radical (unpaired) electrons. The number of aliphatic hydroxyl groups excluding tert-OH is 2. The summed E-state index contributed by atoms with van der Waals surface area (Å²) in [5.74, 6) is 0.157.